The fourth-order valence-electron chi connectivity index (χ4n) is 2.05. The first-order chi connectivity index (χ1) is 9.51. The van der Waals surface area contributed by atoms with Crippen LogP contribution in [-0.2, 0) is 9.59 Å². The maximum absolute atomic E-state index is 12.2. The van der Waals surface area contributed by atoms with Crippen LogP contribution in [0.15, 0.2) is 24.3 Å². The van der Waals surface area contributed by atoms with E-state index in [1.807, 2.05) is 0 Å². The van der Waals surface area contributed by atoms with Crippen LogP contribution >= 0.6 is 11.6 Å². The first-order valence-electron chi connectivity index (χ1n) is 6.18. The second kappa shape index (κ2) is 5.92. The zero-order valence-corrected chi connectivity index (χ0v) is 11.6. The predicted octanol–water partition coefficient (Wildman–Crippen LogP) is 1.61. The molecule has 7 heteroatoms. The average Bonchev–Trinajstić information content (AvgIpc) is 2.37. The monoisotopic (exact) mass is 295 g/mol. The highest BCUT2D eigenvalue weighted by molar-refractivity contribution is 6.30. The summed E-state index contributed by atoms with van der Waals surface area (Å²) in [5.74, 6) is -0.939. The van der Waals surface area contributed by atoms with Crippen LogP contribution in [-0.4, -0.2) is 35.3 Å². The summed E-state index contributed by atoms with van der Waals surface area (Å²) in [5, 5.41) is 5.33. The van der Waals surface area contributed by atoms with E-state index in [4.69, 9.17) is 11.6 Å². The number of carbonyl (C=O) groups excluding carboxylic acids is 3. The summed E-state index contributed by atoms with van der Waals surface area (Å²) < 4.78 is 0. The number of halogens is 1. The number of nitrogens with zero attached hydrogens (tertiary/aromatic N) is 1. The molecular weight excluding hydrogens is 282 g/mol. The number of rotatable bonds is 2. The molecule has 106 valence electrons. The quantitative estimate of drug-likeness (QED) is 0.814. The molecule has 1 aliphatic heterocycles. The predicted molar refractivity (Wildman–Crippen MR) is 74.4 cm³/mol. The topological polar surface area (TPSA) is 78.5 Å². The number of benzene rings is 1. The lowest BCUT2D eigenvalue weighted by Gasteiger charge is -2.33. The third-order valence-corrected chi connectivity index (χ3v) is 3.21. The molecule has 1 unspecified atom stereocenters. The lowest BCUT2D eigenvalue weighted by Crippen LogP contribution is -2.60. The lowest BCUT2D eigenvalue weighted by atomic mass is 10.1. The van der Waals surface area contributed by atoms with Gasteiger partial charge in [0.2, 0.25) is 11.8 Å². The summed E-state index contributed by atoms with van der Waals surface area (Å²) >= 11 is 5.83. The Hall–Kier alpha value is -2.08. The third kappa shape index (κ3) is 3.08. The summed E-state index contributed by atoms with van der Waals surface area (Å²) in [6.45, 7) is 1.64. The number of piperazine rings is 1. The van der Waals surface area contributed by atoms with Gasteiger partial charge in [-0.25, -0.2) is 4.79 Å². The first-order valence-corrected chi connectivity index (χ1v) is 6.56. The summed E-state index contributed by atoms with van der Waals surface area (Å²) in [6.07, 6.45) is 0.433. The van der Waals surface area contributed by atoms with Gasteiger partial charge in [-0.2, -0.15) is 0 Å². The van der Waals surface area contributed by atoms with Crippen molar-refractivity contribution in [2.75, 3.05) is 11.9 Å². The molecule has 0 bridgehead atoms. The van der Waals surface area contributed by atoms with E-state index in [1.165, 1.54) is 4.90 Å². The van der Waals surface area contributed by atoms with Crippen LogP contribution in [0.4, 0.5) is 10.5 Å². The Morgan fingerprint density at radius 3 is 2.90 bits per heavy atom. The molecule has 2 rings (SSSR count). The molecule has 1 fully saturated rings. The largest absolute Gasteiger partial charge is 0.323 e. The molecule has 1 atom stereocenters. The van der Waals surface area contributed by atoms with Gasteiger partial charge in [0.15, 0.2) is 0 Å². The van der Waals surface area contributed by atoms with Gasteiger partial charge >= 0.3 is 6.03 Å². The summed E-state index contributed by atoms with van der Waals surface area (Å²) in [6, 6.07) is 5.50. The summed E-state index contributed by atoms with van der Waals surface area (Å²) in [4.78, 5) is 36.5. The number of hydrogen-bond donors (Lipinski definition) is 2. The molecular formula is C13H14ClN3O3. The van der Waals surface area contributed by atoms with Crippen molar-refractivity contribution in [1.82, 2.24) is 10.2 Å². The molecule has 4 amide bonds. The van der Waals surface area contributed by atoms with E-state index in [1.54, 1.807) is 31.2 Å². The first kappa shape index (κ1) is 14.3. The number of imide groups is 1. The van der Waals surface area contributed by atoms with Gasteiger partial charge in [-0.15, -0.1) is 0 Å². The molecule has 0 radical (unpaired) electrons. The summed E-state index contributed by atoms with van der Waals surface area (Å²) in [7, 11) is 0. The van der Waals surface area contributed by atoms with E-state index < -0.39 is 23.9 Å². The highest BCUT2D eigenvalue weighted by Crippen LogP contribution is 2.17. The smallest absolute Gasteiger partial charge is 0.308 e. The number of amides is 4. The van der Waals surface area contributed by atoms with Crippen molar-refractivity contribution in [3.05, 3.63) is 29.3 Å². The molecule has 1 aromatic carbocycles. The van der Waals surface area contributed by atoms with Crippen LogP contribution in [0.1, 0.15) is 13.3 Å². The molecule has 1 saturated heterocycles. The van der Waals surface area contributed by atoms with Crippen LogP contribution in [0.5, 0.6) is 0 Å². The van der Waals surface area contributed by atoms with Crippen LogP contribution in [0.25, 0.3) is 0 Å². The normalized spacial score (nSPS) is 18.7. The molecule has 6 nitrogen and oxygen atoms in total. The fourth-order valence-corrected chi connectivity index (χ4v) is 2.24. The SMILES string of the molecule is CCC1C(=O)NC(=O)CN1C(=O)Nc1cccc(Cl)c1. The zero-order chi connectivity index (χ0) is 14.7. The van der Waals surface area contributed by atoms with E-state index in [9.17, 15) is 14.4 Å². The van der Waals surface area contributed by atoms with Crippen molar-refractivity contribution in [2.45, 2.75) is 19.4 Å². The van der Waals surface area contributed by atoms with Crippen molar-refractivity contribution in [3.8, 4) is 0 Å². The van der Waals surface area contributed by atoms with Crippen LogP contribution in [0, 0.1) is 0 Å². The average molecular weight is 296 g/mol. The Morgan fingerprint density at radius 2 is 2.25 bits per heavy atom. The second-order valence-electron chi connectivity index (χ2n) is 4.40. The van der Waals surface area contributed by atoms with Crippen molar-refractivity contribution < 1.29 is 14.4 Å². The highest BCUT2D eigenvalue weighted by Gasteiger charge is 2.35. The van der Waals surface area contributed by atoms with Crippen LogP contribution < -0.4 is 10.6 Å². The van der Waals surface area contributed by atoms with Gasteiger partial charge in [-0.05, 0) is 24.6 Å². The molecule has 0 saturated carbocycles. The van der Waals surface area contributed by atoms with Crippen LogP contribution in [0.2, 0.25) is 5.02 Å². The van der Waals surface area contributed by atoms with Crippen molar-refractivity contribution in [2.24, 2.45) is 0 Å². The standard InChI is InChI=1S/C13H14ClN3O3/c1-2-10-12(19)16-11(18)7-17(10)13(20)15-9-5-3-4-8(14)6-9/h3-6,10H,2,7H2,1H3,(H,15,20)(H,16,18,19). The Labute approximate surface area is 121 Å². The van der Waals surface area contributed by atoms with Gasteiger partial charge in [0.05, 0.1) is 0 Å². The molecule has 20 heavy (non-hydrogen) atoms. The molecule has 2 N–H and O–H groups in total. The molecule has 0 spiro atoms. The van der Waals surface area contributed by atoms with Gasteiger partial charge in [0.25, 0.3) is 0 Å². The minimum Gasteiger partial charge on any atom is -0.308 e. The van der Waals surface area contributed by atoms with Crippen molar-refractivity contribution in [3.63, 3.8) is 0 Å². The number of nitrogens with one attached hydrogen (secondary N) is 2. The Balaban J connectivity index is 2.14. The van der Waals surface area contributed by atoms with Gasteiger partial charge in [-0.1, -0.05) is 24.6 Å². The van der Waals surface area contributed by atoms with Gasteiger partial charge in [-0.3, -0.25) is 14.9 Å². The van der Waals surface area contributed by atoms with Crippen molar-refractivity contribution in [1.29, 1.82) is 0 Å². The Morgan fingerprint density at radius 1 is 1.50 bits per heavy atom. The van der Waals surface area contributed by atoms with Gasteiger partial charge in [0.1, 0.15) is 12.6 Å². The Kier molecular flexibility index (Phi) is 4.24. The molecule has 1 heterocycles. The minimum absolute atomic E-state index is 0.142. The second-order valence-corrected chi connectivity index (χ2v) is 4.84. The molecule has 0 aliphatic carbocycles. The maximum Gasteiger partial charge on any atom is 0.323 e. The maximum atomic E-state index is 12.2. The zero-order valence-electron chi connectivity index (χ0n) is 10.9. The van der Waals surface area contributed by atoms with E-state index in [0.29, 0.717) is 17.1 Å². The highest BCUT2D eigenvalue weighted by atomic mass is 35.5. The van der Waals surface area contributed by atoms with E-state index in [-0.39, 0.29) is 6.54 Å². The molecule has 0 aromatic heterocycles. The molecule has 1 aromatic rings. The van der Waals surface area contributed by atoms with Gasteiger partial charge < -0.3 is 10.2 Å². The van der Waals surface area contributed by atoms with E-state index in [2.05, 4.69) is 10.6 Å². The third-order valence-electron chi connectivity index (χ3n) is 2.98. The van der Waals surface area contributed by atoms with E-state index >= 15 is 0 Å². The van der Waals surface area contributed by atoms with Crippen LogP contribution in [0.3, 0.4) is 0 Å². The van der Waals surface area contributed by atoms with Gasteiger partial charge in [0, 0.05) is 10.7 Å². The summed E-state index contributed by atoms with van der Waals surface area (Å²) in [5.41, 5.74) is 0.510. The molecule has 1 aliphatic rings. The lowest BCUT2D eigenvalue weighted by molar-refractivity contribution is -0.138. The number of carbonyl (C=O) groups is 3. The van der Waals surface area contributed by atoms with E-state index in [0.717, 1.165) is 0 Å². The van der Waals surface area contributed by atoms with Crippen molar-refractivity contribution >= 4 is 35.1 Å². The Bertz CT molecular complexity index is 562. The number of urea groups is 1. The number of anilines is 1. The number of hydrogen-bond acceptors (Lipinski definition) is 3. The fraction of sp³-hybridized carbons (Fsp3) is 0.308. The minimum atomic E-state index is -0.646.